The fraction of sp³-hybridized carbons (Fsp3) is 0.333. The lowest BCUT2D eigenvalue weighted by atomic mass is 10.2. The summed E-state index contributed by atoms with van der Waals surface area (Å²) >= 11 is 1.18. The summed E-state index contributed by atoms with van der Waals surface area (Å²) in [6.07, 6.45) is 0.972. The Hall–Kier alpha value is -2.89. The summed E-state index contributed by atoms with van der Waals surface area (Å²) in [7, 11) is -3.82. The molecule has 0 saturated carbocycles. The molecule has 2 aromatic carbocycles. The average molecular weight is 475 g/mol. The minimum Gasteiger partial charge on any atom is -0.317 e. The summed E-state index contributed by atoms with van der Waals surface area (Å²) in [6.45, 7) is 4.54. The summed E-state index contributed by atoms with van der Waals surface area (Å²) in [5.41, 5.74) is 1.65. The van der Waals surface area contributed by atoms with Crippen LogP contribution >= 0.6 is 11.3 Å². The summed E-state index contributed by atoms with van der Waals surface area (Å²) in [6, 6.07) is 10.2. The number of hydrogen-bond donors (Lipinski definition) is 0. The molecule has 2 heterocycles. The van der Waals surface area contributed by atoms with Crippen molar-refractivity contribution in [2.24, 2.45) is 4.99 Å². The van der Waals surface area contributed by atoms with Gasteiger partial charge in [0.05, 0.1) is 20.0 Å². The molecule has 168 valence electrons. The van der Waals surface area contributed by atoms with Crippen molar-refractivity contribution in [1.29, 1.82) is 0 Å². The first-order valence-corrected chi connectivity index (χ1v) is 12.4. The van der Waals surface area contributed by atoms with Gasteiger partial charge in [0.25, 0.3) is 11.6 Å². The number of rotatable bonds is 5. The third kappa shape index (κ3) is 3.98. The van der Waals surface area contributed by atoms with E-state index in [4.69, 9.17) is 0 Å². The van der Waals surface area contributed by atoms with Crippen LogP contribution in [0.15, 0.2) is 52.4 Å². The molecule has 3 aromatic rings. The number of carbonyl (C=O) groups excluding carboxylic acids is 1. The summed E-state index contributed by atoms with van der Waals surface area (Å²) in [5, 5.41) is 11.1. The number of non-ortho nitro benzene ring substituents is 1. The molecule has 32 heavy (non-hydrogen) atoms. The van der Waals surface area contributed by atoms with E-state index in [0.717, 1.165) is 11.1 Å². The highest BCUT2D eigenvalue weighted by Crippen LogP contribution is 2.28. The fourth-order valence-corrected chi connectivity index (χ4v) is 6.64. The second kappa shape index (κ2) is 8.57. The number of carbonyl (C=O) groups is 1. The number of thiazole rings is 1. The van der Waals surface area contributed by atoms with E-state index in [-0.39, 0.29) is 17.1 Å². The Balaban J connectivity index is 1.71. The van der Waals surface area contributed by atoms with E-state index in [1.54, 1.807) is 34.9 Å². The number of nitrogens with zero attached hydrogens (tertiary/aromatic N) is 4. The molecular formula is C21H22N4O5S2. The summed E-state index contributed by atoms with van der Waals surface area (Å²) < 4.78 is 30.0. The lowest BCUT2D eigenvalue weighted by molar-refractivity contribution is -0.384. The van der Waals surface area contributed by atoms with Gasteiger partial charge in [0.1, 0.15) is 6.04 Å². The lowest BCUT2D eigenvalue weighted by Gasteiger charge is -2.21. The van der Waals surface area contributed by atoms with Crippen LogP contribution in [0.2, 0.25) is 0 Å². The first-order valence-electron chi connectivity index (χ1n) is 10.2. The normalized spacial score (nSPS) is 17.8. The number of aryl methyl sites for hydroxylation is 2. The standard InChI is InChI=1S/C21H22N4O5S2/c1-3-23-17-11-8-15(25(27)28)13-19(17)31-21(23)22-20(26)18-5-4-12-24(18)32(29,30)16-9-6-14(2)7-10-16/h6-11,13,18H,3-5,12H2,1-2H3. The largest absolute Gasteiger partial charge is 0.317 e. The van der Waals surface area contributed by atoms with Crippen LogP contribution in [0.4, 0.5) is 5.69 Å². The van der Waals surface area contributed by atoms with Crippen LogP contribution in [0.1, 0.15) is 25.3 Å². The topological polar surface area (TPSA) is 115 Å². The molecule has 0 N–H and O–H groups in total. The van der Waals surface area contributed by atoms with E-state index in [2.05, 4.69) is 4.99 Å². The average Bonchev–Trinajstić information content (AvgIpc) is 3.38. The molecule has 1 fully saturated rings. The first kappa shape index (κ1) is 22.3. The predicted octanol–water partition coefficient (Wildman–Crippen LogP) is 3.22. The number of nitro groups is 1. The minimum absolute atomic E-state index is 0.0361. The maximum absolute atomic E-state index is 13.1. The number of amides is 1. The highest BCUT2D eigenvalue weighted by molar-refractivity contribution is 7.89. The van der Waals surface area contributed by atoms with Gasteiger partial charge in [-0.2, -0.15) is 9.30 Å². The molecule has 1 unspecified atom stereocenters. The van der Waals surface area contributed by atoms with E-state index < -0.39 is 26.9 Å². The number of benzene rings is 2. The molecule has 11 heteroatoms. The van der Waals surface area contributed by atoms with Crippen molar-refractivity contribution >= 4 is 43.2 Å². The van der Waals surface area contributed by atoms with Gasteiger partial charge in [-0.1, -0.05) is 29.0 Å². The van der Waals surface area contributed by atoms with Crippen molar-refractivity contribution < 1.29 is 18.1 Å². The third-order valence-electron chi connectivity index (χ3n) is 5.52. The second-order valence-corrected chi connectivity index (χ2v) is 10.5. The van der Waals surface area contributed by atoms with Gasteiger partial charge in [-0.25, -0.2) is 8.42 Å². The number of hydrogen-bond acceptors (Lipinski definition) is 6. The van der Waals surface area contributed by atoms with Crippen molar-refractivity contribution in [3.63, 3.8) is 0 Å². The first-order chi connectivity index (χ1) is 15.2. The van der Waals surface area contributed by atoms with E-state index in [1.807, 2.05) is 13.8 Å². The minimum atomic E-state index is -3.82. The fourth-order valence-electron chi connectivity index (χ4n) is 3.86. The van der Waals surface area contributed by atoms with Crippen LogP contribution in [-0.4, -0.2) is 40.7 Å². The highest BCUT2D eigenvalue weighted by atomic mass is 32.2. The van der Waals surface area contributed by atoms with Crippen molar-refractivity contribution in [3.8, 4) is 0 Å². The maximum atomic E-state index is 13.1. The summed E-state index contributed by atoms with van der Waals surface area (Å²) in [5.74, 6) is -0.526. The van der Waals surface area contributed by atoms with Crippen LogP contribution in [0.25, 0.3) is 10.2 Å². The monoisotopic (exact) mass is 474 g/mol. The molecular weight excluding hydrogens is 452 g/mol. The van der Waals surface area contributed by atoms with Gasteiger partial charge in [0.15, 0.2) is 4.80 Å². The van der Waals surface area contributed by atoms with Crippen LogP contribution in [-0.2, 0) is 21.4 Å². The number of nitro benzene ring substituents is 1. The molecule has 0 spiro atoms. The van der Waals surface area contributed by atoms with Gasteiger partial charge in [-0.3, -0.25) is 14.9 Å². The van der Waals surface area contributed by atoms with Gasteiger partial charge >= 0.3 is 0 Å². The zero-order valence-electron chi connectivity index (χ0n) is 17.6. The second-order valence-electron chi connectivity index (χ2n) is 7.57. The molecule has 1 aliphatic rings. The SMILES string of the molecule is CCn1c(=NC(=O)C2CCCN2S(=O)(=O)c2ccc(C)cc2)sc2cc([N+](=O)[O-])ccc21. The Kier molecular flexibility index (Phi) is 5.97. The molecule has 1 amide bonds. The zero-order chi connectivity index (χ0) is 23.0. The van der Waals surface area contributed by atoms with Crippen LogP contribution in [0.3, 0.4) is 0 Å². The maximum Gasteiger partial charge on any atom is 0.270 e. The molecule has 0 bridgehead atoms. The molecule has 9 nitrogen and oxygen atoms in total. The van der Waals surface area contributed by atoms with Crippen molar-refractivity contribution in [2.45, 2.75) is 44.2 Å². The number of sulfonamides is 1. The molecule has 0 aliphatic carbocycles. The molecule has 0 radical (unpaired) electrons. The molecule has 1 aromatic heterocycles. The lowest BCUT2D eigenvalue weighted by Crippen LogP contribution is -2.40. The highest BCUT2D eigenvalue weighted by Gasteiger charge is 2.39. The van der Waals surface area contributed by atoms with Gasteiger partial charge in [-0.05, 0) is 44.9 Å². The third-order valence-corrected chi connectivity index (χ3v) is 8.48. The molecule has 1 atom stereocenters. The van der Waals surface area contributed by atoms with Crippen LogP contribution in [0, 0.1) is 17.0 Å². The molecule has 1 aliphatic heterocycles. The van der Waals surface area contributed by atoms with E-state index in [1.165, 1.54) is 27.8 Å². The van der Waals surface area contributed by atoms with E-state index in [0.29, 0.717) is 28.9 Å². The Morgan fingerprint density at radius 3 is 2.62 bits per heavy atom. The number of aromatic nitrogens is 1. The van der Waals surface area contributed by atoms with Gasteiger partial charge < -0.3 is 4.57 Å². The Bertz CT molecular complexity index is 1370. The zero-order valence-corrected chi connectivity index (χ0v) is 19.2. The predicted molar refractivity (Wildman–Crippen MR) is 121 cm³/mol. The molecule has 4 rings (SSSR count). The molecule has 1 saturated heterocycles. The Morgan fingerprint density at radius 2 is 1.97 bits per heavy atom. The summed E-state index contributed by atoms with van der Waals surface area (Å²) in [4.78, 5) is 28.5. The van der Waals surface area contributed by atoms with E-state index in [9.17, 15) is 23.3 Å². The van der Waals surface area contributed by atoms with Gasteiger partial charge in [0.2, 0.25) is 10.0 Å². The van der Waals surface area contributed by atoms with Crippen LogP contribution < -0.4 is 4.80 Å². The van der Waals surface area contributed by atoms with Crippen molar-refractivity contribution in [2.75, 3.05) is 6.54 Å². The van der Waals surface area contributed by atoms with Gasteiger partial charge in [-0.15, -0.1) is 0 Å². The quantitative estimate of drug-likeness (QED) is 0.416. The smallest absolute Gasteiger partial charge is 0.270 e. The Labute approximate surface area is 188 Å². The van der Waals surface area contributed by atoms with Crippen molar-refractivity contribution in [1.82, 2.24) is 8.87 Å². The Morgan fingerprint density at radius 1 is 1.25 bits per heavy atom. The van der Waals surface area contributed by atoms with E-state index >= 15 is 0 Å². The van der Waals surface area contributed by atoms with Gasteiger partial charge in [0, 0.05) is 25.2 Å². The van der Waals surface area contributed by atoms with Crippen molar-refractivity contribution in [3.05, 3.63) is 62.9 Å². The number of fused-ring (bicyclic) bond motifs is 1. The van der Waals surface area contributed by atoms with Crippen LogP contribution in [0.5, 0.6) is 0 Å².